The zero-order valence-corrected chi connectivity index (χ0v) is 18.8. The molecule has 1 atom stereocenters. The quantitative estimate of drug-likeness (QED) is 0.511. The van der Waals surface area contributed by atoms with Crippen LogP contribution in [0.25, 0.3) is 11.1 Å². The topological polar surface area (TPSA) is 66.5 Å². The highest BCUT2D eigenvalue weighted by molar-refractivity contribution is 6.34. The van der Waals surface area contributed by atoms with Crippen molar-refractivity contribution in [3.05, 3.63) is 53.1 Å². The molecule has 1 unspecified atom stereocenters. The fourth-order valence-electron chi connectivity index (χ4n) is 4.24. The van der Waals surface area contributed by atoms with Crippen molar-refractivity contribution in [3.63, 3.8) is 0 Å². The highest BCUT2D eigenvalue weighted by atomic mass is 35.5. The minimum Gasteiger partial charge on any atom is -0.369 e. The van der Waals surface area contributed by atoms with E-state index < -0.39 is 5.92 Å². The summed E-state index contributed by atoms with van der Waals surface area (Å²) in [6, 6.07) is 13.9. The number of likely N-dealkylation sites (N-methyl/N-ethyl adjacent to an activating group) is 1. The van der Waals surface area contributed by atoms with E-state index in [9.17, 15) is 14.4 Å². The highest BCUT2D eigenvalue weighted by Gasteiger charge is 2.45. The summed E-state index contributed by atoms with van der Waals surface area (Å²) in [5.41, 5.74) is 3.75. The summed E-state index contributed by atoms with van der Waals surface area (Å²) in [7, 11) is 3.67. The molecule has 3 rings (SSSR count). The van der Waals surface area contributed by atoms with Gasteiger partial charge in [0.1, 0.15) is 12.6 Å². The molecule has 0 radical (unpaired) electrons. The van der Waals surface area contributed by atoms with Crippen LogP contribution in [0, 0.1) is 0 Å². The van der Waals surface area contributed by atoms with Crippen LogP contribution in [0.1, 0.15) is 50.0 Å². The first-order chi connectivity index (χ1) is 15.0. The first-order valence-corrected chi connectivity index (χ1v) is 11.1. The number of rotatable bonds is 11. The van der Waals surface area contributed by atoms with Gasteiger partial charge in [0.15, 0.2) is 0 Å². The van der Waals surface area contributed by atoms with Gasteiger partial charge in [-0.25, -0.2) is 0 Å². The number of benzene rings is 2. The second-order valence-corrected chi connectivity index (χ2v) is 8.53. The van der Waals surface area contributed by atoms with E-state index in [4.69, 9.17) is 11.6 Å². The van der Waals surface area contributed by atoms with Crippen LogP contribution in [0.3, 0.4) is 0 Å². The molecule has 6 heteroatoms. The van der Waals surface area contributed by atoms with Crippen molar-refractivity contribution in [2.24, 2.45) is 0 Å². The van der Waals surface area contributed by atoms with Crippen molar-refractivity contribution in [1.29, 1.82) is 0 Å². The van der Waals surface area contributed by atoms with E-state index in [0.717, 1.165) is 54.2 Å². The molecule has 1 N–H and O–H groups in total. The Bertz CT molecular complexity index is 938. The number of hydrogen-bond acceptors (Lipinski definition) is 4. The summed E-state index contributed by atoms with van der Waals surface area (Å²) in [6.07, 6.45) is 6.21. The van der Waals surface area contributed by atoms with Gasteiger partial charge in [-0.1, -0.05) is 41.9 Å². The van der Waals surface area contributed by atoms with E-state index in [2.05, 4.69) is 29.4 Å². The monoisotopic (exact) mass is 440 g/mol. The molecule has 2 aromatic rings. The zero-order chi connectivity index (χ0) is 22.4. The predicted octanol–water partition coefficient (Wildman–Crippen LogP) is 4.76. The third-order valence-corrected chi connectivity index (χ3v) is 6.79. The van der Waals surface area contributed by atoms with Gasteiger partial charge in [-0.3, -0.25) is 4.79 Å². The molecule has 0 aromatic heterocycles. The van der Waals surface area contributed by atoms with Gasteiger partial charge in [0.2, 0.25) is 5.91 Å². The Kier molecular flexibility index (Phi) is 7.50. The number of carbonyl (C=O) groups is 3. The number of hydrogen-bond donors (Lipinski definition) is 1. The molecule has 0 heterocycles. The van der Waals surface area contributed by atoms with E-state index in [0.29, 0.717) is 24.3 Å². The maximum absolute atomic E-state index is 12.4. The molecule has 5 nitrogen and oxygen atoms in total. The number of halogens is 1. The van der Waals surface area contributed by atoms with E-state index in [1.807, 2.05) is 30.3 Å². The lowest BCUT2D eigenvalue weighted by Crippen LogP contribution is -2.33. The summed E-state index contributed by atoms with van der Waals surface area (Å²) < 4.78 is 0. The Morgan fingerprint density at radius 1 is 1.13 bits per heavy atom. The summed E-state index contributed by atoms with van der Waals surface area (Å²) >= 11 is 6.75. The molecule has 0 bridgehead atoms. The molecule has 1 aliphatic carbocycles. The van der Waals surface area contributed by atoms with Gasteiger partial charge in [0, 0.05) is 43.7 Å². The Morgan fingerprint density at radius 3 is 2.39 bits per heavy atom. The Hall–Kier alpha value is -2.66. The Balaban J connectivity index is 1.86. The van der Waals surface area contributed by atoms with Crippen molar-refractivity contribution in [3.8, 4) is 11.1 Å². The fraction of sp³-hybridized carbons (Fsp3) is 0.400. The lowest BCUT2D eigenvalue weighted by molar-refractivity contribution is -0.122. The van der Waals surface area contributed by atoms with Crippen LogP contribution < -0.4 is 10.2 Å². The first kappa shape index (κ1) is 23.0. The number of aldehydes is 2. The van der Waals surface area contributed by atoms with Crippen molar-refractivity contribution in [2.75, 3.05) is 19.0 Å². The number of nitrogens with one attached hydrogen (secondary N) is 1. The Labute approximate surface area is 188 Å². The molecule has 1 saturated carbocycles. The average molecular weight is 441 g/mol. The third kappa shape index (κ3) is 4.99. The molecular formula is C25H29ClN2O3. The van der Waals surface area contributed by atoms with Crippen molar-refractivity contribution in [1.82, 2.24) is 5.32 Å². The SMILES string of the molecule is CNC(=O)C(CCC=O)c1cccc(-c2ccc(N(C)C3(CCC=O)CC3)cc2)c1Cl. The molecule has 1 fully saturated rings. The molecule has 2 aromatic carbocycles. The van der Waals surface area contributed by atoms with Gasteiger partial charge in [0.25, 0.3) is 0 Å². The standard InChI is InChI=1S/C25H29ClN2O3/c1-27-24(31)22(8-4-16-29)21-7-3-6-20(23(21)26)18-9-11-19(12-10-18)28(2)25(14-15-25)13-5-17-30/h3,6-7,9-12,16-17,22H,4-5,8,13-15H2,1-2H3,(H,27,31). The van der Waals surface area contributed by atoms with Crippen LogP contribution in [0.4, 0.5) is 5.69 Å². The van der Waals surface area contributed by atoms with Crippen LogP contribution in [0.2, 0.25) is 5.02 Å². The normalized spacial score (nSPS) is 15.1. The smallest absolute Gasteiger partial charge is 0.227 e. The highest BCUT2D eigenvalue weighted by Crippen LogP contribution is 2.47. The van der Waals surface area contributed by atoms with Crippen LogP contribution in [0.5, 0.6) is 0 Å². The van der Waals surface area contributed by atoms with E-state index >= 15 is 0 Å². The lowest BCUT2D eigenvalue weighted by Gasteiger charge is -2.30. The van der Waals surface area contributed by atoms with Crippen LogP contribution in [-0.4, -0.2) is 38.1 Å². The van der Waals surface area contributed by atoms with Crippen molar-refractivity contribution in [2.45, 2.75) is 50.0 Å². The zero-order valence-electron chi connectivity index (χ0n) is 18.1. The maximum atomic E-state index is 12.4. The lowest BCUT2D eigenvalue weighted by atomic mass is 9.90. The van der Waals surface area contributed by atoms with Gasteiger partial charge in [0.05, 0.1) is 10.9 Å². The molecule has 31 heavy (non-hydrogen) atoms. The van der Waals surface area contributed by atoms with Gasteiger partial charge in [-0.15, -0.1) is 0 Å². The van der Waals surface area contributed by atoms with Gasteiger partial charge >= 0.3 is 0 Å². The number of nitrogens with zero attached hydrogens (tertiary/aromatic N) is 1. The average Bonchev–Trinajstić information content (AvgIpc) is 3.59. The molecular weight excluding hydrogens is 412 g/mol. The molecule has 1 amide bonds. The van der Waals surface area contributed by atoms with Crippen molar-refractivity contribution >= 4 is 35.8 Å². The summed E-state index contributed by atoms with van der Waals surface area (Å²) in [5.74, 6) is -0.622. The predicted molar refractivity (Wildman–Crippen MR) is 125 cm³/mol. The van der Waals surface area contributed by atoms with Gasteiger partial charge in [-0.2, -0.15) is 0 Å². The minimum absolute atomic E-state index is 0.0965. The summed E-state index contributed by atoms with van der Waals surface area (Å²) in [5, 5.41) is 3.21. The van der Waals surface area contributed by atoms with Crippen LogP contribution >= 0.6 is 11.6 Å². The van der Waals surface area contributed by atoms with Crippen LogP contribution in [0.15, 0.2) is 42.5 Å². The van der Waals surface area contributed by atoms with Crippen molar-refractivity contribution < 1.29 is 14.4 Å². The largest absolute Gasteiger partial charge is 0.369 e. The fourth-order valence-corrected chi connectivity index (χ4v) is 4.61. The van der Waals surface area contributed by atoms with Gasteiger partial charge < -0.3 is 19.8 Å². The van der Waals surface area contributed by atoms with Gasteiger partial charge in [-0.05, 0) is 48.9 Å². The van der Waals surface area contributed by atoms with E-state index in [-0.39, 0.29) is 11.4 Å². The molecule has 1 aliphatic rings. The second-order valence-electron chi connectivity index (χ2n) is 8.16. The molecule has 164 valence electrons. The summed E-state index contributed by atoms with van der Waals surface area (Å²) in [6.45, 7) is 0. The summed E-state index contributed by atoms with van der Waals surface area (Å²) in [4.78, 5) is 36.3. The third-order valence-electron chi connectivity index (χ3n) is 6.37. The number of anilines is 1. The molecule has 0 aliphatic heterocycles. The maximum Gasteiger partial charge on any atom is 0.227 e. The first-order valence-electron chi connectivity index (χ1n) is 10.7. The minimum atomic E-state index is -0.472. The number of carbonyl (C=O) groups excluding carboxylic acids is 3. The Morgan fingerprint density at radius 2 is 1.81 bits per heavy atom. The molecule has 0 spiro atoms. The number of amides is 1. The van der Waals surface area contributed by atoms with E-state index in [1.54, 1.807) is 7.05 Å². The van der Waals surface area contributed by atoms with Crippen LogP contribution in [-0.2, 0) is 14.4 Å². The molecule has 0 saturated heterocycles. The van der Waals surface area contributed by atoms with E-state index in [1.165, 1.54) is 0 Å². The second kappa shape index (κ2) is 10.1.